The third-order valence-corrected chi connectivity index (χ3v) is 5.99. The largest absolute Gasteiger partial charge is 0.384 e. The summed E-state index contributed by atoms with van der Waals surface area (Å²) in [6.07, 6.45) is 3.52. The summed E-state index contributed by atoms with van der Waals surface area (Å²) in [6, 6.07) is 15.5. The molecule has 3 aromatic rings. The van der Waals surface area contributed by atoms with Crippen LogP contribution in [0.4, 0.5) is 5.69 Å². The number of hydrogen-bond acceptors (Lipinski definition) is 5. The van der Waals surface area contributed by atoms with Gasteiger partial charge in [-0.1, -0.05) is 12.1 Å². The minimum atomic E-state index is 0.0679. The molecule has 1 aliphatic heterocycles. The third-order valence-electron chi connectivity index (χ3n) is 4.87. The molecule has 7 heteroatoms. The summed E-state index contributed by atoms with van der Waals surface area (Å²) < 4.78 is 0. The molecule has 0 bridgehead atoms. The molecule has 0 aliphatic carbocycles. The van der Waals surface area contributed by atoms with Gasteiger partial charge in [0, 0.05) is 54.7 Å². The summed E-state index contributed by atoms with van der Waals surface area (Å²) in [5, 5.41) is 7.60. The second-order valence-corrected chi connectivity index (χ2v) is 7.73. The van der Waals surface area contributed by atoms with Gasteiger partial charge < -0.3 is 15.5 Å². The van der Waals surface area contributed by atoms with E-state index in [1.807, 2.05) is 53.4 Å². The van der Waals surface area contributed by atoms with Crippen molar-refractivity contribution in [3.05, 3.63) is 71.4 Å². The molecule has 3 N–H and O–H groups in total. The molecule has 142 valence electrons. The van der Waals surface area contributed by atoms with Gasteiger partial charge in [0.2, 0.25) is 0 Å². The monoisotopic (exact) mass is 391 g/mol. The quantitative estimate of drug-likeness (QED) is 0.529. The average molecular weight is 392 g/mol. The van der Waals surface area contributed by atoms with Crippen molar-refractivity contribution in [3.63, 3.8) is 0 Å². The van der Waals surface area contributed by atoms with Crippen LogP contribution in [-0.4, -0.2) is 47.8 Å². The Hall–Kier alpha value is -3.19. The number of thiophene rings is 1. The fraction of sp³-hybridized carbons (Fsp3) is 0.190. The Kier molecular flexibility index (Phi) is 5.08. The standard InChI is InChI=1S/C21H21N5OS/c22-20(23)16-2-1-3-17(14-16)25-10-12-26(13-11-25)21(27)19-5-4-18(28-19)15-6-8-24-9-7-15/h1-9,14H,10-13H2,(H3,22,23). The number of nitrogens with one attached hydrogen (secondary N) is 1. The normalized spacial score (nSPS) is 14.1. The van der Waals surface area contributed by atoms with Gasteiger partial charge in [0.25, 0.3) is 5.91 Å². The van der Waals surface area contributed by atoms with Gasteiger partial charge in [-0.25, -0.2) is 0 Å². The van der Waals surface area contributed by atoms with E-state index in [1.54, 1.807) is 12.4 Å². The number of amidine groups is 1. The summed E-state index contributed by atoms with van der Waals surface area (Å²) in [6.45, 7) is 2.86. The van der Waals surface area contributed by atoms with E-state index in [0.29, 0.717) is 13.1 Å². The van der Waals surface area contributed by atoms with Gasteiger partial charge in [-0.15, -0.1) is 11.3 Å². The molecule has 1 amide bonds. The number of aromatic nitrogens is 1. The highest BCUT2D eigenvalue weighted by Crippen LogP contribution is 2.29. The SMILES string of the molecule is N=C(N)c1cccc(N2CCN(C(=O)c3ccc(-c4ccncc4)s3)CC2)c1. The van der Waals surface area contributed by atoms with Crippen molar-refractivity contribution in [3.8, 4) is 10.4 Å². The van der Waals surface area contributed by atoms with E-state index in [4.69, 9.17) is 11.1 Å². The molecule has 0 atom stereocenters. The number of anilines is 1. The number of rotatable bonds is 4. The van der Waals surface area contributed by atoms with Crippen LogP contribution in [0.5, 0.6) is 0 Å². The zero-order valence-electron chi connectivity index (χ0n) is 15.3. The maximum atomic E-state index is 12.9. The number of pyridine rings is 1. The number of piperazine rings is 1. The zero-order valence-corrected chi connectivity index (χ0v) is 16.2. The summed E-state index contributed by atoms with van der Waals surface area (Å²) in [4.78, 5) is 22.9. The molecule has 0 saturated carbocycles. The van der Waals surface area contributed by atoms with E-state index < -0.39 is 0 Å². The number of nitrogens with two attached hydrogens (primary N) is 1. The average Bonchev–Trinajstić information content (AvgIpc) is 3.24. The Morgan fingerprint density at radius 2 is 1.79 bits per heavy atom. The van der Waals surface area contributed by atoms with Crippen LogP contribution in [-0.2, 0) is 0 Å². The molecule has 0 radical (unpaired) electrons. The van der Waals surface area contributed by atoms with Crippen molar-refractivity contribution in [2.45, 2.75) is 0 Å². The highest BCUT2D eigenvalue weighted by atomic mass is 32.1. The number of amides is 1. The Morgan fingerprint density at radius 1 is 1.04 bits per heavy atom. The van der Waals surface area contributed by atoms with Gasteiger partial charge >= 0.3 is 0 Å². The van der Waals surface area contributed by atoms with E-state index in [-0.39, 0.29) is 11.7 Å². The Bertz CT molecular complexity index is 993. The second-order valence-electron chi connectivity index (χ2n) is 6.64. The molecule has 1 aromatic carbocycles. The highest BCUT2D eigenvalue weighted by Gasteiger charge is 2.23. The predicted molar refractivity (Wildman–Crippen MR) is 113 cm³/mol. The van der Waals surface area contributed by atoms with Crippen molar-refractivity contribution in [1.82, 2.24) is 9.88 Å². The van der Waals surface area contributed by atoms with E-state index >= 15 is 0 Å². The number of carbonyl (C=O) groups is 1. The number of nitrogens with zero attached hydrogens (tertiary/aromatic N) is 3. The van der Waals surface area contributed by atoms with Crippen LogP contribution in [0.1, 0.15) is 15.2 Å². The lowest BCUT2D eigenvalue weighted by molar-refractivity contribution is 0.0751. The molecule has 3 heterocycles. The molecule has 0 unspecified atom stereocenters. The van der Waals surface area contributed by atoms with Crippen LogP contribution < -0.4 is 10.6 Å². The first-order valence-corrected chi connectivity index (χ1v) is 9.92. The number of hydrogen-bond donors (Lipinski definition) is 2. The van der Waals surface area contributed by atoms with Crippen molar-refractivity contribution < 1.29 is 4.79 Å². The summed E-state index contributed by atoms with van der Waals surface area (Å²) in [5.41, 5.74) is 8.43. The Morgan fingerprint density at radius 3 is 2.50 bits per heavy atom. The lowest BCUT2D eigenvalue weighted by atomic mass is 10.1. The molecular formula is C21H21N5OS. The Labute approximate surface area is 167 Å². The molecule has 1 fully saturated rings. The first kappa shape index (κ1) is 18.2. The molecule has 6 nitrogen and oxygen atoms in total. The van der Waals surface area contributed by atoms with Gasteiger partial charge in [0.05, 0.1) is 4.88 Å². The van der Waals surface area contributed by atoms with Crippen LogP contribution in [0.2, 0.25) is 0 Å². The Balaban J connectivity index is 1.41. The molecule has 2 aromatic heterocycles. The molecule has 0 spiro atoms. The van der Waals surface area contributed by atoms with Crippen LogP contribution in [0.3, 0.4) is 0 Å². The molecule has 1 aliphatic rings. The summed E-state index contributed by atoms with van der Waals surface area (Å²) in [7, 11) is 0. The second kappa shape index (κ2) is 7.82. The summed E-state index contributed by atoms with van der Waals surface area (Å²) >= 11 is 1.52. The van der Waals surface area contributed by atoms with Crippen molar-refractivity contribution in [1.29, 1.82) is 5.41 Å². The maximum Gasteiger partial charge on any atom is 0.264 e. The minimum Gasteiger partial charge on any atom is -0.384 e. The van der Waals surface area contributed by atoms with Gasteiger partial charge in [0.1, 0.15) is 5.84 Å². The van der Waals surface area contributed by atoms with E-state index in [1.165, 1.54) is 11.3 Å². The van der Waals surface area contributed by atoms with Gasteiger partial charge in [-0.2, -0.15) is 0 Å². The zero-order chi connectivity index (χ0) is 19.5. The smallest absolute Gasteiger partial charge is 0.264 e. The fourth-order valence-corrected chi connectivity index (χ4v) is 4.30. The number of nitrogen functional groups attached to an aromatic ring is 1. The van der Waals surface area contributed by atoms with Crippen molar-refractivity contribution >= 4 is 28.8 Å². The number of carbonyl (C=O) groups excluding carboxylic acids is 1. The lowest BCUT2D eigenvalue weighted by Gasteiger charge is -2.36. The molecular weight excluding hydrogens is 370 g/mol. The number of benzene rings is 1. The van der Waals surface area contributed by atoms with E-state index in [9.17, 15) is 4.79 Å². The van der Waals surface area contributed by atoms with E-state index in [2.05, 4.69) is 9.88 Å². The lowest BCUT2D eigenvalue weighted by Crippen LogP contribution is -2.48. The topological polar surface area (TPSA) is 86.3 Å². The highest BCUT2D eigenvalue weighted by molar-refractivity contribution is 7.17. The summed E-state index contributed by atoms with van der Waals surface area (Å²) in [5.74, 6) is 0.154. The van der Waals surface area contributed by atoms with Gasteiger partial charge in [-0.05, 0) is 42.0 Å². The van der Waals surface area contributed by atoms with Crippen LogP contribution in [0, 0.1) is 5.41 Å². The van der Waals surface area contributed by atoms with Crippen molar-refractivity contribution in [2.75, 3.05) is 31.1 Å². The fourth-order valence-electron chi connectivity index (χ4n) is 3.32. The van der Waals surface area contributed by atoms with Gasteiger partial charge in [0.15, 0.2) is 0 Å². The van der Waals surface area contributed by atoms with Crippen LogP contribution in [0.15, 0.2) is 60.9 Å². The van der Waals surface area contributed by atoms with Crippen LogP contribution in [0.25, 0.3) is 10.4 Å². The van der Waals surface area contributed by atoms with E-state index in [0.717, 1.165) is 39.7 Å². The van der Waals surface area contributed by atoms with Gasteiger partial charge in [-0.3, -0.25) is 15.2 Å². The van der Waals surface area contributed by atoms with Crippen LogP contribution >= 0.6 is 11.3 Å². The molecule has 28 heavy (non-hydrogen) atoms. The first-order valence-electron chi connectivity index (χ1n) is 9.11. The first-order chi connectivity index (χ1) is 13.6. The third kappa shape index (κ3) is 3.75. The van der Waals surface area contributed by atoms with Crippen molar-refractivity contribution in [2.24, 2.45) is 5.73 Å². The molecule has 1 saturated heterocycles. The maximum absolute atomic E-state index is 12.9. The molecule has 4 rings (SSSR count). The minimum absolute atomic E-state index is 0.0679. The predicted octanol–water partition coefficient (Wildman–Crippen LogP) is 3.06.